The van der Waals surface area contributed by atoms with Crippen molar-refractivity contribution in [1.82, 2.24) is 14.7 Å². The van der Waals surface area contributed by atoms with Gasteiger partial charge < -0.3 is 4.74 Å². The molecule has 0 radical (unpaired) electrons. The summed E-state index contributed by atoms with van der Waals surface area (Å²) < 4.78 is 7.18. The second kappa shape index (κ2) is 7.54. The summed E-state index contributed by atoms with van der Waals surface area (Å²) in [4.78, 5) is 2.64. The quantitative estimate of drug-likeness (QED) is 0.696. The molecule has 0 bridgehead atoms. The number of methoxy groups -OCH3 is 1. The Kier molecular flexibility index (Phi) is 5.68. The van der Waals surface area contributed by atoms with Crippen molar-refractivity contribution in [3.05, 3.63) is 18.5 Å². The van der Waals surface area contributed by atoms with Crippen molar-refractivity contribution in [3.8, 4) is 0 Å². The largest absolute Gasteiger partial charge is 0.385 e. The second-order valence-corrected chi connectivity index (χ2v) is 5.09. The fraction of sp³-hybridized carbons (Fsp3) is 0.786. The van der Waals surface area contributed by atoms with Crippen LogP contribution in [-0.4, -0.2) is 47.5 Å². The summed E-state index contributed by atoms with van der Waals surface area (Å²) in [6.45, 7) is 4.27. The van der Waals surface area contributed by atoms with Crippen LogP contribution in [0.25, 0.3) is 0 Å². The van der Waals surface area contributed by atoms with E-state index in [2.05, 4.69) is 10.00 Å². The molecule has 4 nitrogen and oxygen atoms in total. The number of nitrogens with zero attached hydrogens (tertiary/aromatic N) is 3. The van der Waals surface area contributed by atoms with Gasteiger partial charge in [-0.15, -0.1) is 0 Å². The van der Waals surface area contributed by atoms with Gasteiger partial charge in [0.15, 0.2) is 0 Å². The maximum absolute atomic E-state index is 5.15. The van der Waals surface area contributed by atoms with Gasteiger partial charge in [-0.05, 0) is 38.3 Å². The summed E-state index contributed by atoms with van der Waals surface area (Å²) in [5.74, 6) is 0. The van der Waals surface area contributed by atoms with Crippen LogP contribution in [0.15, 0.2) is 18.5 Å². The molecular weight excluding hydrogens is 226 g/mol. The lowest BCUT2D eigenvalue weighted by atomic mass is 9.98. The molecule has 0 saturated carbocycles. The Hall–Kier alpha value is -0.870. The van der Waals surface area contributed by atoms with Crippen LogP contribution in [0.1, 0.15) is 32.1 Å². The number of piperidine rings is 1. The zero-order valence-electron chi connectivity index (χ0n) is 11.4. The van der Waals surface area contributed by atoms with Crippen molar-refractivity contribution in [2.24, 2.45) is 0 Å². The Morgan fingerprint density at radius 2 is 2.28 bits per heavy atom. The van der Waals surface area contributed by atoms with E-state index in [-0.39, 0.29) is 0 Å². The molecule has 0 aliphatic carbocycles. The molecule has 1 aliphatic heterocycles. The first kappa shape index (κ1) is 13.6. The highest BCUT2D eigenvalue weighted by molar-refractivity contribution is 4.80. The fourth-order valence-corrected chi connectivity index (χ4v) is 2.81. The smallest absolute Gasteiger partial charge is 0.0536 e. The molecule has 0 aromatic carbocycles. The van der Waals surface area contributed by atoms with Crippen molar-refractivity contribution in [1.29, 1.82) is 0 Å². The van der Waals surface area contributed by atoms with Crippen molar-refractivity contribution >= 4 is 0 Å². The fourth-order valence-electron chi connectivity index (χ4n) is 2.81. The molecule has 0 N–H and O–H groups in total. The number of likely N-dealkylation sites (tertiary alicyclic amines) is 1. The van der Waals surface area contributed by atoms with Crippen molar-refractivity contribution in [2.75, 3.05) is 26.8 Å². The molecule has 2 rings (SSSR count). The normalized spacial score (nSPS) is 21.3. The average molecular weight is 251 g/mol. The predicted molar refractivity (Wildman–Crippen MR) is 72.5 cm³/mol. The molecule has 1 aromatic heterocycles. The first-order valence-electron chi connectivity index (χ1n) is 7.10. The monoisotopic (exact) mass is 251 g/mol. The van der Waals surface area contributed by atoms with E-state index in [9.17, 15) is 0 Å². The van der Waals surface area contributed by atoms with Crippen LogP contribution in [0.3, 0.4) is 0 Å². The summed E-state index contributed by atoms with van der Waals surface area (Å²) in [5.41, 5.74) is 0. The summed E-state index contributed by atoms with van der Waals surface area (Å²) in [6, 6.07) is 2.75. The lowest BCUT2D eigenvalue weighted by molar-refractivity contribution is 0.118. The van der Waals surface area contributed by atoms with Gasteiger partial charge in [0.1, 0.15) is 0 Å². The third-order valence-corrected chi connectivity index (χ3v) is 3.81. The Balaban J connectivity index is 1.76. The van der Waals surface area contributed by atoms with Crippen molar-refractivity contribution in [3.63, 3.8) is 0 Å². The molecule has 1 aromatic rings. The van der Waals surface area contributed by atoms with Crippen LogP contribution in [0.2, 0.25) is 0 Å². The molecule has 102 valence electrons. The van der Waals surface area contributed by atoms with E-state index in [0.29, 0.717) is 0 Å². The van der Waals surface area contributed by atoms with Crippen LogP contribution in [0.5, 0.6) is 0 Å². The average Bonchev–Trinajstić information content (AvgIpc) is 2.91. The molecule has 0 amide bonds. The molecule has 0 spiro atoms. The number of hydrogen-bond donors (Lipinski definition) is 0. The maximum atomic E-state index is 5.15. The molecule has 1 atom stereocenters. The topological polar surface area (TPSA) is 30.3 Å². The number of rotatable bonds is 7. The Labute approximate surface area is 110 Å². The highest BCUT2D eigenvalue weighted by Crippen LogP contribution is 2.20. The van der Waals surface area contributed by atoms with Gasteiger partial charge in [-0.1, -0.05) is 6.42 Å². The summed E-state index contributed by atoms with van der Waals surface area (Å²) in [6.07, 6.45) is 10.4. The van der Waals surface area contributed by atoms with E-state index in [1.54, 1.807) is 7.11 Å². The molecule has 1 aliphatic rings. The molecule has 18 heavy (non-hydrogen) atoms. The number of ether oxygens (including phenoxy) is 1. The van der Waals surface area contributed by atoms with Crippen LogP contribution >= 0.6 is 0 Å². The van der Waals surface area contributed by atoms with Crippen LogP contribution < -0.4 is 0 Å². The van der Waals surface area contributed by atoms with Gasteiger partial charge >= 0.3 is 0 Å². The van der Waals surface area contributed by atoms with Crippen LogP contribution in [0, 0.1) is 0 Å². The minimum Gasteiger partial charge on any atom is -0.385 e. The van der Waals surface area contributed by atoms with Crippen LogP contribution in [0.4, 0.5) is 0 Å². The Morgan fingerprint density at radius 3 is 3.06 bits per heavy atom. The minimum absolute atomic E-state index is 0.754. The molecule has 2 heterocycles. The van der Waals surface area contributed by atoms with Gasteiger partial charge in [0.05, 0.1) is 6.54 Å². The standard InChI is InChI=1S/C14H25N3O/c1-18-13-4-7-14-6-2-3-9-16(14)11-12-17-10-5-8-15-17/h5,8,10,14H,2-4,6-7,9,11-13H2,1H3. The van der Waals surface area contributed by atoms with E-state index in [1.807, 2.05) is 23.1 Å². The molecule has 1 fully saturated rings. The van der Waals surface area contributed by atoms with Crippen molar-refractivity contribution < 1.29 is 4.74 Å². The van der Waals surface area contributed by atoms with Gasteiger partial charge in [-0.3, -0.25) is 9.58 Å². The van der Waals surface area contributed by atoms with E-state index in [4.69, 9.17) is 4.74 Å². The molecule has 1 unspecified atom stereocenters. The minimum atomic E-state index is 0.754. The summed E-state index contributed by atoms with van der Waals surface area (Å²) in [7, 11) is 1.79. The van der Waals surface area contributed by atoms with E-state index >= 15 is 0 Å². The van der Waals surface area contributed by atoms with Gasteiger partial charge in [-0.2, -0.15) is 5.10 Å². The van der Waals surface area contributed by atoms with Gasteiger partial charge in [-0.25, -0.2) is 0 Å². The predicted octanol–water partition coefficient (Wildman–Crippen LogP) is 2.16. The Bertz CT molecular complexity index is 313. The van der Waals surface area contributed by atoms with Crippen LogP contribution in [-0.2, 0) is 11.3 Å². The van der Waals surface area contributed by atoms with Gasteiger partial charge in [0, 0.05) is 38.7 Å². The van der Waals surface area contributed by atoms with E-state index in [1.165, 1.54) is 38.6 Å². The molecule has 1 saturated heterocycles. The molecular formula is C14H25N3O. The van der Waals surface area contributed by atoms with E-state index < -0.39 is 0 Å². The third-order valence-electron chi connectivity index (χ3n) is 3.81. The SMILES string of the molecule is COCCCC1CCCCN1CCn1cccn1. The van der Waals surface area contributed by atoms with Gasteiger partial charge in [0.2, 0.25) is 0 Å². The number of aromatic nitrogens is 2. The number of hydrogen-bond acceptors (Lipinski definition) is 3. The highest BCUT2D eigenvalue weighted by Gasteiger charge is 2.21. The Morgan fingerprint density at radius 1 is 1.33 bits per heavy atom. The van der Waals surface area contributed by atoms with E-state index in [0.717, 1.165) is 25.7 Å². The molecule has 4 heteroatoms. The first-order chi connectivity index (χ1) is 8.90. The van der Waals surface area contributed by atoms with Crippen molar-refractivity contribution in [2.45, 2.75) is 44.7 Å². The summed E-state index contributed by atoms with van der Waals surface area (Å²) in [5, 5.41) is 4.27. The first-order valence-corrected chi connectivity index (χ1v) is 7.10. The zero-order valence-corrected chi connectivity index (χ0v) is 11.4. The zero-order chi connectivity index (χ0) is 12.6. The second-order valence-electron chi connectivity index (χ2n) is 5.09. The van der Waals surface area contributed by atoms with Gasteiger partial charge in [0.25, 0.3) is 0 Å². The highest BCUT2D eigenvalue weighted by atomic mass is 16.5. The lowest BCUT2D eigenvalue weighted by Crippen LogP contribution is -2.41. The summed E-state index contributed by atoms with van der Waals surface area (Å²) >= 11 is 0. The third kappa shape index (κ3) is 4.10. The maximum Gasteiger partial charge on any atom is 0.0536 e. The lowest BCUT2D eigenvalue weighted by Gasteiger charge is -2.35.